The summed E-state index contributed by atoms with van der Waals surface area (Å²) < 4.78 is 20.6. The van der Waals surface area contributed by atoms with Crippen LogP contribution in [0.25, 0.3) is 0 Å². The first-order chi connectivity index (χ1) is 19.2. The summed E-state index contributed by atoms with van der Waals surface area (Å²) in [5.74, 6) is 2.48. The molecule has 42 heavy (non-hydrogen) atoms. The molecule has 0 spiro atoms. The van der Waals surface area contributed by atoms with Crippen molar-refractivity contribution in [2.24, 2.45) is 5.92 Å². The fourth-order valence-corrected chi connectivity index (χ4v) is 6.76. The monoisotopic (exact) mass is 596 g/mol. The Morgan fingerprint density at radius 1 is 0.690 bits per heavy atom. The standard InChI is InChI=1S/C38H61O3P/c1-16-18-19-26(17-2)24-39-42-40-33-29(20-27(35(4,5)6)22-31(33)37(10,11)12)25(3)30-21-28(36(7,8)9)23-32(34(30)41-42)38(13,14)15/h20-23,25-26H,16-19,24H2,1-15H3. The molecule has 1 heterocycles. The van der Waals surface area contributed by atoms with Crippen LogP contribution in [0.15, 0.2) is 24.3 Å². The van der Waals surface area contributed by atoms with Crippen molar-refractivity contribution in [2.45, 2.75) is 157 Å². The van der Waals surface area contributed by atoms with Gasteiger partial charge in [-0.15, -0.1) is 0 Å². The lowest BCUT2D eigenvalue weighted by Gasteiger charge is -2.36. The van der Waals surface area contributed by atoms with Crippen molar-refractivity contribution in [1.82, 2.24) is 0 Å². The Balaban J connectivity index is 2.35. The number of fused-ring (bicyclic) bond motifs is 2. The Morgan fingerprint density at radius 2 is 1.12 bits per heavy atom. The molecule has 0 fully saturated rings. The van der Waals surface area contributed by atoms with Crippen molar-refractivity contribution in [3.8, 4) is 11.5 Å². The second-order valence-corrected chi connectivity index (χ2v) is 17.8. The van der Waals surface area contributed by atoms with E-state index in [1.54, 1.807) is 0 Å². The van der Waals surface area contributed by atoms with E-state index in [4.69, 9.17) is 13.6 Å². The van der Waals surface area contributed by atoms with E-state index in [1.165, 1.54) is 52.6 Å². The first-order valence-electron chi connectivity index (χ1n) is 16.3. The molecule has 2 aromatic rings. The van der Waals surface area contributed by atoms with Gasteiger partial charge in [0.15, 0.2) is 0 Å². The van der Waals surface area contributed by atoms with Crippen LogP contribution >= 0.6 is 8.60 Å². The second-order valence-electron chi connectivity index (χ2n) is 16.7. The highest BCUT2D eigenvalue weighted by molar-refractivity contribution is 7.42. The van der Waals surface area contributed by atoms with Gasteiger partial charge in [-0.05, 0) is 45.1 Å². The van der Waals surface area contributed by atoms with Gasteiger partial charge in [-0.1, -0.05) is 147 Å². The minimum Gasteiger partial charge on any atom is -0.417 e. The van der Waals surface area contributed by atoms with Crippen molar-refractivity contribution < 1.29 is 13.6 Å². The first kappa shape index (κ1) is 34.9. The average Bonchev–Trinajstić information content (AvgIpc) is 2.84. The molecule has 0 amide bonds. The van der Waals surface area contributed by atoms with Gasteiger partial charge in [0.2, 0.25) is 0 Å². The number of hydrogen-bond donors (Lipinski definition) is 0. The predicted molar refractivity (Wildman–Crippen MR) is 183 cm³/mol. The maximum Gasteiger partial charge on any atom is 0.463 e. The predicted octanol–water partition coefficient (Wildman–Crippen LogP) is 12.3. The van der Waals surface area contributed by atoms with Gasteiger partial charge in [0, 0.05) is 28.2 Å². The lowest BCUT2D eigenvalue weighted by molar-refractivity contribution is 0.205. The first-order valence-corrected chi connectivity index (χ1v) is 17.4. The summed E-state index contributed by atoms with van der Waals surface area (Å²) in [6, 6.07) is 9.52. The van der Waals surface area contributed by atoms with Crippen LogP contribution in [-0.4, -0.2) is 6.61 Å². The molecule has 0 saturated carbocycles. The molecule has 1 aliphatic rings. The molecule has 3 rings (SSSR count). The number of unbranched alkanes of at least 4 members (excludes halogenated alkanes) is 1. The van der Waals surface area contributed by atoms with Gasteiger partial charge in [0.1, 0.15) is 11.5 Å². The van der Waals surface area contributed by atoms with Crippen LogP contribution < -0.4 is 9.05 Å². The van der Waals surface area contributed by atoms with Crippen molar-refractivity contribution in [3.05, 3.63) is 57.6 Å². The Morgan fingerprint density at radius 3 is 1.45 bits per heavy atom. The summed E-state index contributed by atoms with van der Waals surface area (Å²) in [6.45, 7) is 35.0. The van der Waals surface area contributed by atoms with Crippen molar-refractivity contribution >= 4 is 8.60 Å². The van der Waals surface area contributed by atoms with Gasteiger partial charge >= 0.3 is 8.60 Å². The highest BCUT2D eigenvalue weighted by atomic mass is 31.2. The topological polar surface area (TPSA) is 27.7 Å². The van der Waals surface area contributed by atoms with Gasteiger partial charge in [-0.3, -0.25) is 4.52 Å². The minimum absolute atomic E-state index is 0.00906. The molecule has 4 heteroatoms. The smallest absolute Gasteiger partial charge is 0.417 e. The zero-order valence-electron chi connectivity index (χ0n) is 29.7. The molecule has 1 unspecified atom stereocenters. The van der Waals surface area contributed by atoms with Gasteiger partial charge in [-0.25, -0.2) is 0 Å². The SMILES string of the molecule is CCCCC(CC)COP1Oc2c(cc(C(C)(C)C)cc2C(C)(C)C)C(C)c2cc(C(C)(C)C)cc(C(C)(C)C)c2O1. The van der Waals surface area contributed by atoms with E-state index in [1.807, 2.05) is 0 Å². The van der Waals surface area contributed by atoms with E-state index in [-0.39, 0.29) is 27.6 Å². The third-order valence-electron chi connectivity index (χ3n) is 8.81. The van der Waals surface area contributed by atoms with E-state index in [0.717, 1.165) is 17.9 Å². The lowest BCUT2D eigenvalue weighted by Crippen LogP contribution is -2.23. The molecular formula is C38H61O3P. The Kier molecular flexibility index (Phi) is 10.6. The fraction of sp³-hybridized carbons (Fsp3) is 0.684. The third-order valence-corrected chi connectivity index (χ3v) is 9.83. The molecule has 236 valence electrons. The fourth-order valence-electron chi connectivity index (χ4n) is 5.58. The molecular weight excluding hydrogens is 535 g/mol. The summed E-state index contributed by atoms with van der Waals surface area (Å²) in [5, 5.41) is 0. The number of hydrogen-bond acceptors (Lipinski definition) is 3. The van der Waals surface area contributed by atoms with Gasteiger partial charge in [-0.2, -0.15) is 0 Å². The molecule has 0 radical (unpaired) electrons. The highest BCUT2D eigenvalue weighted by Crippen LogP contribution is 2.56. The molecule has 0 aromatic heterocycles. The molecule has 3 nitrogen and oxygen atoms in total. The molecule has 1 atom stereocenters. The van der Waals surface area contributed by atoms with Crippen LogP contribution in [0.5, 0.6) is 11.5 Å². The van der Waals surface area contributed by atoms with E-state index in [9.17, 15) is 0 Å². The van der Waals surface area contributed by atoms with E-state index in [0.29, 0.717) is 12.5 Å². The second kappa shape index (κ2) is 12.8. The van der Waals surface area contributed by atoms with Crippen molar-refractivity contribution in [1.29, 1.82) is 0 Å². The summed E-state index contributed by atoms with van der Waals surface area (Å²) in [7, 11) is -1.66. The highest BCUT2D eigenvalue weighted by Gasteiger charge is 2.37. The Hall–Kier alpha value is -1.57. The van der Waals surface area contributed by atoms with Gasteiger partial charge in [0.25, 0.3) is 0 Å². The zero-order valence-corrected chi connectivity index (χ0v) is 30.6. The van der Waals surface area contributed by atoms with Gasteiger partial charge in [0.05, 0.1) is 6.61 Å². The molecule has 0 aliphatic carbocycles. The lowest BCUT2D eigenvalue weighted by atomic mass is 9.74. The normalized spacial score (nSPS) is 18.7. The van der Waals surface area contributed by atoms with E-state index in [2.05, 4.69) is 128 Å². The van der Waals surface area contributed by atoms with Crippen LogP contribution in [0.1, 0.15) is 169 Å². The molecule has 1 aliphatic heterocycles. The largest absolute Gasteiger partial charge is 0.463 e. The van der Waals surface area contributed by atoms with E-state index < -0.39 is 8.60 Å². The summed E-state index contributed by atoms with van der Waals surface area (Å²) in [5.41, 5.74) is 7.39. The van der Waals surface area contributed by atoms with Gasteiger partial charge < -0.3 is 9.05 Å². The van der Waals surface area contributed by atoms with Crippen LogP contribution in [0.2, 0.25) is 0 Å². The Bertz CT molecular complexity index is 1130. The summed E-state index contributed by atoms with van der Waals surface area (Å²) in [4.78, 5) is 0. The average molecular weight is 597 g/mol. The van der Waals surface area contributed by atoms with Crippen LogP contribution in [0, 0.1) is 5.92 Å². The molecule has 2 aromatic carbocycles. The number of rotatable bonds is 7. The Labute approximate surface area is 260 Å². The molecule has 0 saturated heterocycles. The zero-order chi connectivity index (χ0) is 31.8. The quantitative estimate of drug-likeness (QED) is 0.298. The maximum atomic E-state index is 6.97. The van der Waals surface area contributed by atoms with E-state index >= 15 is 0 Å². The van der Waals surface area contributed by atoms with Crippen molar-refractivity contribution in [3.63, 3.8) is 0 Å². The number of benzene rings is 2. The minimum atomic E-state index is -1.66. The molecule has 0 bridgehead atoms. The summed E-state index contributed by atoms with van der Waals surface area (Å²) >= 11 is 0. The maximum absolute atomic E-state index is 6.97. The van der Waals surface area contributed by atoms with Crippen molar-refractivity contribution in [2.75, 3.05) is 6.61 Å². The third kappa shape index (κ3) is 8.12. The van der Waals surface area contributed by atoms with Crippen LogP contribution in [0.3, 0.4) is 0 Å². The molecule has 0 N–H and O–H groups in total. The van der Waals surface area contributed by atoms with Crippen LogP contribution in [-0.2, 0) is 26.2 Å². The van der Waals surface area contributed by atoms with Crippen LogP contribution in [0.4, 0.5) is 0 Å². The summed E-state index contributed by atoms with van der Waals surface area (Å²) in [6.07, 6.45) is 4.69.